The molecule has 8 heteroatoms. The highest BCUT2D eigenvalue weighted by Gasteiger charge is 2.28. The zero-order valence-electron chi connectivity index (χ0n) is 19.1. The summed E-state index contributed by atoms with van der Waals surface area (Å²) in [5, 5.41) is 11.8. The maximum Gasteiger partial charge on any atom is 0.292 e. The Hall–Kier alpha value is -4.46. The first-order valence-corrected chi connectivity index (χ1v) is 11.3. The maximum atomic E-state index is 13.5. The molecule has 35 heavy (non-hydrogen) atoms. The number of amides is 1. The van der Waals surface area contributed by atoms with E-state index in [-0.39, 0.29) is 22.6 Å². The first kappa shape index (κ1) is 22.3. The molecule has 0 saturated carbocycles. The summed E-state index contributed by atoms with van der Waals surface area (Å²) in [4.78, 5) is 41.3. The van der Waals surface area contributed by atoms with Gasteiger partial charge in [-0.1, -0.05) is 48.5 Å². The summed E-state index contributed by atoms with van der Waals surface area (Å²) in [6.07, 6.45) is 0. The lowest BCUT2D eigenvalue weighted by Crippen LogP contribution is -2.49. The second-order valence-electron chi connectivity index (χ2n) is 8.46. The van der Waals surface area contributed by atoms with Crippen molar-refractivity contribution in [2.24, 2.45) is 0 Å². The van der Waals surface area contributed by atoms with Gasteiger partial charge in [0.15, 0.2) is 11.0 Å². The number of anilines is 1. The van der Waals surface area contributed by atoms with Gasteiger partial charge in [0.2, 0.25) is 0 Å². The van der Waals surface area contributed by atoms with E-state index >= 15 is 0 Å². The van der Waals surface area contributed by atoms with Gasteiger partial charge < -0.3 is 14.2 Å². The lowest BCUT2D eigenvalue weighted by molar-refractivity contribution is -0.384. The highest BCUT2D eigenvalue weighted by Crippen LogP contribution is 2.30. The monoisotopic (exact) mass is 469 g/mol. The molecule has 0 bridgehead atoms. The highest BCUT2D eigenvalue weighted by atomic mass is 16.6. The third-order valence-corrected chi connectivity index (χ3v) is 6.40. The third kappa shape index (κ3) is 4.03. The predicted molar refractivity (Wildman–Crippen MR) is 134 cm³/mol. The van der Waals surface area contributed by atoms with Crippen LogP contribution in [0.25, 0.3) is 22.3 Å². The molecule has 5 rings (SSSR count). The summed E-state index contributed by atoms with van der Waals surface area (Å²) in [5.41, 5.74) is 2.29. The van der Waals surface area contributed by atoms with Crippen molar-refractivity contribution in [3.05, 3.63) is 104 Å². The minimum Gasteiger partial charge on any atom is -0.455 e. The SMILES string of the molecule is Cc1c(-c2ccccc2)oc2c(C(=O)N3CCN(c4ccccc4[N+](=O)[O-])CC3)cccc2c1=O. The molecule has 0 aliphatic carbocycles. The van der Waals surface area contributed by atoms with Crippen LogP contribution >= 0.6 is 0 Å². The van der Waals surface area contributed by atoms with Crippen LogP contribution in [-0.4, -0.2) is 41.9 Å². The fourth-order valence-corrected chi connectivity index (χ4v) is 4.55. The fourth-order valence-electron chi connectivity index (χ4n) is 4.55. The number of nitro groups is 1. The summed E-state index contributed by atoms with van der Waals surface area (Å²) >= 11 is 0. The molecule has 1 saturated heterocycles. The summed E-state index contributed by atoms with van der Waals surface area (Å²) in [7, 11) is 0. The summed E-state index contributed by atoms with van der Waals surface area (Å²) in [5.74, 6) is 0.216. The summed E-state index contributed by atoms with van der Waals surface area (Å²) < 4.78 is 6.20. The van der Waals surface area contributed by atoms with Crippen LogP contribution in [0.4, 0.5) is 11.4 Å². The average Bonchev–Trinajstić information content (AvgIpc) is 2.90. The number of nitro benzene ring substituents is 1. The molecule has 1 fully saturated rings. The number of benzene rings is 3. The standard InChI is InChI=1S/C27H23N3O5/c1-18-24(31)20-10-7-11-21(26(20)35-25(18)19-8-3-2-4-9-19)27(32)29-16-14-28(15-17-29)22-12-5-6-13-23(22)30(33)34/h2-13H,14-17H2,1H3. The Bertz CT molecular complexity index is 1490. The zero-order chi connectivity index (χ0) is 24.5. The van der Waals surface area contributed by atoms with Crippen molar-refractivity contribution in [2.45, 2.75) is 6.92 Å². The Morgan fingerprint density at radius 2 is 1.60 bits per heavy atom. The molecule has 1 amide bonds. The molecular weight excluding hydrogens is 446 g/mol. The van der Waals surface area contributed by atoms with Crippen molar-refractivity contribution in [3.63, 3.8) is 0 Å². The number of piperazine rings is 1. The van der Waals surface area contributed by atoms with E-state index in [1.54, 1.807) is 48.2 Å². The van der Waals surface area contributed by atoms with Crippen LogP contribution in [0.3, 0.4) is 0 Å². The molecule has 1 aromatic heterocycles. The van der Waals surface area contributed by atoms with E-state index in [2.05, 4.69) is 0 Å². The third-order valence-electron chi connectivity index (χ3n) is 6.40. The Morgan fingerprint density at radius 3 is 2.31 bits per heavy atom. The lowest BCUT2D eigenvalue weighted by Gasteiger charge is -2.35. The fraction of sp³-hybridized carbons (Fsp3) is 0.185. The molecule has 0 atom stereocenters. The lowest BCUT2D eigenvalue weighted by atomic mass is 10.0. The normalized spacial score (nSPS) is 13.7. The van der Waals surface area contributed by atoms with Crippen LogP contribution in [0.1, 0.15) is 15.9 Å². The molecule has 1 aliphatic heterocycles. The van der Waals surface area contributed by atoms with Crippen LogP contribution in [0, 0.1) is 17.0 Å². The van der Waals surface area contributed by atoms with Gasteiger partial charge in [0.1, 0.15) is 11.4 Å². The Balaban J connectivity index is 1.46. The molecule has 2 heterocycles. The molecular formula is C27H23N3O5. The van der Waals surface area contributed by atoms with Gasteiger partial charge in [-0.25, -0.2) is 0 Å². The molecule has 8 nitrogen and oxygen atoms in total. The largest absolute Gasteiger partial charge is 0.455 e. The van der Waals surface area contributed by atoms with E-state index in [1.807, 2.05) is 35.2 Å². The second kappa shape index (κ2) is 9.06. The van der Waals surface area contributed by atoms with Gasteiger partial charge in [0, 0.05) is 43.4 Å². The average molecular weight is 469 g/mol. The van der Waals surface area contributed by atoms with Crippen molar-refractivity contribution < 1.29 is 14.1 Å². The molecule has 0 radical (unpaired) electrons. The predicted octanol–water partition coefficient (Wildman–Crippen LogP) is 4.64. The number of nitrogens with zero attached hydrogens (tertiary/aromatic N) is 3. The Morgan fingerprint density at radius 1 is 0.914 bits per heavy atom. The van der Waals surface area contributed by atoms with Gasteiger partial charge in [-0.3, -0.25) is 19.7 Å². The van der Waals surface area contributed by atoms with Crippen LogP contribution in [-0.2, 0) is 0 Å². The van der Waals surface area contributed by atoms with Crippen molar-refractivity contribution in [3.8, 4) is 11.3 Å². The molecule has 176 valence electrons. The van der Waals surface area contributed by atoms with Gasteiger partial charge in [0.05, 0.1) is 15.9 Å². The van der Waals surface area contributed by atoms with E-state index in [0.29, 0.717) is 54.1 Å². The van der Waals surface area contributed by atoms with E-state index in [0.717, 1.165) is 5.56 Å². The van der Waals surface area contributed by atoms with Crippen LogP contribution in [0.5, 0.6) is 0 Å². The van der Waals surface area contributed by atoms with Crippen molar-refractivity contribution in [1.82, 2.24) is 4.90 Å². The van der Waals surface area contributed by atoms with E-state index in [4.69, 9.17) is 4.42 Å². The number of hydrogen-bond acceptors (Lipinski definition) is 6. The topological polar surface area (TPSA) is 96.9 Å². The van der Waals surface area contributed by atoms with E-state index < -0.39 is 4.92 Å². The smallest absolute Gasteiger partial charge is 0.292 e. The second-order valence-corrected chi connectivity index (χ2v) is 8.46. The molecule has 3 aromatic carbocycles. The number of para-hydroxylation sites is 3. The van der Waals surface area contributed by atoms with Crippen molar-refractivity contribution in [2.75, 3.05) is 31.1 Å². The van der Waals surface area contributed by atoms with Gasteiger partial charge in [-0.05, 0) is 25.1 Å². The van der Waals surface area contributed by atoms with Crippen LogP contribution in [0.15, 0.2) is 82.0 Å². The first-order valence-electron chi connectivity index (χ1n) is 11.3. The number of carbonyl (C=O) groups excluding carboxylic acids is 1. The molecule has 4 aromatic rings. The number of carbonyl (C=O) groups is 1. The van der Waals surface area contributed by atoms with E-state index in [9.17, 15) is 19.7 Å². The first-order chi connectivity index (χ1) is 17.0. The quantitative estimate of drug-likeness (QED) is 0.319. The van der Waals surface area contributed by atoms with Gasteiger partial charge in [-0.15, -0.1) is 0 Å². The number of hydrogen-bond donors (Lipinski definition) is 0. The Labute approximate surface area is 201 Å². The number of rotatable bonds is 4. The van der Waals surface area contributed by atoms with E-state index in [1.165, 1.54) is 6.07 Å². The van der Waals surface area contributed by atoms with Gasteiger partial charge in [0.25, 0.3) is 11.6 Å². The minimum absolute atomic E-state index is 0.0481. The van der Waals surface area contributed by atoms with Crippen molar-refractivity contribution in [1.29, 1.82) is 0 Å². The Kier molecular flexibility index (Phi) is 5.78. The minimum atomic E-state index is -0.392. The number of fused-ring (bicyclic) bond motifs is 1. The molecule has 0 N–H and O–H groups in total. The summed E-state index contributed by atoms with van der Waals surface area (Å²) in [6.45, 7) is 3.43. The molecule has 0 unspecified atom stereocenters. The van der Waals surface area contributed by atoms with Crippen LogP contribution in [0.2, 0.25) is 0 Å². The van der Waals surface area contributed by atoms with Gasteiger partial charge >= 0.3 is 0 Å². The zero-order valence-corrected chi connectivity index (χ0v) is 19.1. The molecule has 1 aliphatic rings. The summed E-state index contributed by atoms with van der Waals surface area (Å²) in [6, 6.07) is 21.0. The highest BCUT2D eigenvalue weighted by molar-refractivity contribution is 6.05. The van der Waals surface area contributed by atoms with Crippen molar-refractivity contribution >= 4 is 28.3 Å². The maximum absolute atomic E-state index is 13.5. The molecule has 0 spiro atoms. The van der Waals surface area contributed by atoms with Gasteiger partial charge in [-0.2, -0.15) is 0 Å². The van der Waals surface area contributed by atoms with Crippen LogP contribution < -0.4 is 10.3 Å².